The van der Waals surface area contributed by atoms with Crippen LogP contribution in [0.2, 0.25) is 0 Å². The van der Waals surface area contributed by atoms with Crippen LogP contribution in [0.25, 0.3) is 0 Å². The molecule has 0 saturated carbocycles. The molecule has 0 spiro atoms. The van der Waals surface area contributed by atoms with Crippen molar-refractivity contribution in [2.24, 2.45) is 16.5 Å². The van der Waals surface area contributed by atoms with E-state index in [-0.39, 0.29) is 12.3 Å². The van der Waals surface area contributed by atoms with Gasteiger partial charge in [0.15, 0.2) is 0 Å². The second kappa shape index (κ2) is 6.94. The number of nitrogens with zero attached hydrogens (tertiary/aromatic N) is 1. The lowest BCUT2D eigenvalue weighted by Gasteiger charge is -2.07. The van der Waals surface area contributed by atoms with Crippen molar-refractivity contribution in [3.05, 3.63) is 12.2 Å². The van der Waals surface area contributed by atoms with Crippen LogP contribution in [-0.4, -0.2) is 36.2 Å². The number of halogens is 1. The molecule has 0 saturated heterocycles. The largest absolute Gasteiger partial charge is 0.480 e. The number of amidine groups is 1. The van der Waals surface area contributed by atoms with E-state index in [1.165, 1.54) is 0 Å². The van der Waals surface area contributed by atoms with Crippen LogP contribution in [0.1, 0.15) is 12.8 Å². The molecule has 0 aliphatic carbocycles. The van der Waals surface area contributed by atoms with Gasteiger partial charge in [-0.3, -0.25) is 9.79 Å². The van der Waals surface area contributed by atoms with Gasteiger partial charge in [0.25, 0.3) is 0 Å². The molecule has 86 valence electrons. The Labute approximate surface area is 87.7 Å². The zero-order valence-electron chi connectivity index (χ0n) is 8.45. The molecule has 0 radical (unpaired) electrons. The molecule has 0 rings (SSSR count). The van der Waals surface area contributed by atoms with Crippen LogP contribution >= 0.6 is 0 Å². The van der Waals surface area contributed by atoms with Crippen molar-refractivity contribution in [2.45, 2.75) is 18.9 Å². The Hall–Kier alpha value is -1.43. The quantitative estimate of drug-likeness (QED) is 0.319. The summed E-state index contributed by atoms with van der Waals surface area (Å²) in [5.74, 6) is -1.13. The summed E-state index contributed by atoms with van der Waals surface area (Å²) in [6.45, 7) is 3.18. The van der Waals surface area contributed by atoms with E-state index in [1.54, 1.807) is 0 Å². The lowest BCUT2D eigenvalue weighted by Crippen LogP contribution is -2.30. The zero-order chi connectivity index (χ0) is 11.8. The number of alkyl halides is 1. The Kier molecular flexibility index (Phi) is 6.28. The number of carboxylic acids is 1. The summed E-state index contributed by atoms with van der Waals surface area (Å²) >= 11 is 0. The minimum Gasteiger partial charge on any atom is -0.480 e. The van der Waals surface area contributed by atoms with Gasteiger partial charge in [0.1, 0.15) is 18.6 Å². The van der Waals surface area contributed by atoms with Gasteiger partial charge in [-0.15, -0.1) is 0 Å². The summed E-state index contributed by atoms with van der Waals surface area (Å²) in [4.78, 5) is 14.1. The van der Waals surface area contributed by atoms with Gasteiger partial charge in [0.2, 0.25) is 0 Å². The van der Waals surface area contributed by atoms with Gasteiger partial charge < -0.3 is 16.6 Å². The van der Waals surface area contributed by atoms with Crippen molar-refractivity contribution >= 4 is 11.8 Å². The maximum absolute atomic E-state index is 11.9. The molecule has 0 aromatic carbocycles. The summed E-state index contributed by atoms with van der Waals surface area (Å²) in [7, 11) is 0. The summed E-state index contributed by atoms with van der Waals surface area (Å²) in [5.41, 5.74) is 11.1. The number of carboxylic acid groups (broad SMARTS) is 1. The van der Waals surface area contributed by atoms with Crippen molar-refractivity contribution in [1.29, 1.82) is 0 Å². The summed E-state index contributed by atoms with van der Waals surface area (Å²) in [5, 5.41) is 8.52. The normalized spacial score (nSPS) is 13.6. The maximum Gasteiger partial charge on any atom is 0.320 e. The van der Waals surface area contributed by atoms with Gasteiger partial charge in [0.05, 0.1) is 0 Å². The van der Waals surface area contributed by atoms with Crippen LogP contribution in [0.15, 0.2) is 17.1 Å². The molecule has 5 N–H and O–H groups in total. The molecule has 0 aromatic rings. The summed E-state index contributed by atoms with van der Waals surface area (Å²) in [6.07, 6.45) is 0.655. The van der Waals surface area contributed by atoms with Crippen LogP contribution in [-0.2, 0) is 4.79 Å². The third kappa shape index (κ3) is 6.62. The number of aliphatic imine (C=N–C) groups is 1. The SMILES string of the molecule is C=C(CCN=C(N)CF)CC(N)C(=O)O. The average Bonchev–Trinajstić information content (AvgIpc) is 2.17. The molecule has 1 atom stereocenters. The lowest BCUT2D eigenvalue weighted by atomic mass is 10.1. The van der Waals surface area contributed by atoms with E-state index < -0.39 is 18.7 Å². The predicted molar refractivity (Wildman–Crippen MR) is 56.4 cm³/mol. The third-order valence-corrected chi connectivity index (χ3v) is 1.74. The Morgan fingerprint density at radius 3 is 2.67 bits per heavy atom. The smallest absolute Gasteiger partial charge is 0.320 e. The van der Waals surface area contributed by atoms with Crippen LogP contribution in [0.4, 0.5) is 4.39 Å². The van der Waals surface area contributed by atoms with E-state index in [1.807, 2.05) is 0 Å². The number of nitrogens with two attached hydrogens (primary N) is 2. The van der Waals surface area contributed by atoms with Gasteiger partial charge >= 0.3 is 5.97 Å². The first-order valence-corrected chi connectivity index (χ1v) is 4.47. The first kappa shape index (κ1) is 13.6. The first-order chi connectivity index (χ1) is 6.97. The van der Waals surface area contributed by atoms with E-state index in [0.717, 1.165) is 0 Å². The van der Waals surface area contributed by atoms with Crippen LogP contribution in [0.3, 0.4) is 0 Å². The molecule has 0 bridgehead atoms. The highest BCUT2D eigenvalue weighted by Gasteiger charge is 2.12. The van der Waals surface area contributed by atoms with E-state index in [9.17, 15) is 9.18 Å². The molecule has 0 aliphatic rings. The fourth-order valence-corrected chi connectivity index (χ4v) is 0.900. The van der Waals surface area contributed by atoms with Gasteiger partial charge in [-0.2, -0.15) is 0 Å². The number of hydrogen-bond acceptors (Lipinski definition) is 3. The van der Waals surface area contributed by atoms with E-state index in [2.05, 4.69) is 11.6 Å². The molecule has 1 unspecified atom stereocenters. The second-order valence-corrected chi connectivity index (χ2v) is 3.16. The monoisotopic (exact) mass is 217 g/mol. The molecular weight excluding hydrogens is 201 g/mol. The molecule has 0 aliphatic heterocycles. The van der Waals surface area contributed by atoms with Crippen LogP contribution in [0, 0.1) is 0 Å². The van der Waals surface area contributed by atoms with E-state index >= 15 is 0 Å². The predicted octanol–water partition coefficient (Wildman–Crippen LogP) is 0.0614. The first-order valence-electron chi connectivity index (χ1n) is 4.47. The Bertz CT molecular complexity index is 266. The van der Waals surface area contributed by atoms with Crippen molar-refractivity contribution in [3.8, 4) is 0 Å². The minimum absolute atomic E-state index is 0.0645. The van der Waals surface area contributed by atoms with Crippen molar-refractivity contribution in [2.75, 3.05) is 13.2 Å². The van der Waals surface area contributed by atoms with E-state index in [0.29, 0.717) is 18.5 Å². The molecule has 15 heavy (non-hydrogen) atoms. The average molecular weight is 217 g/mol. The van der Waals surface area contributed by atoms with Crippen molar-refractivity contribution in [1.82, 2.24) is 0 Å². The fraction of sp³-hybridized carbons (Fsp3) is 0.556. The van der Waals surface area contributed by atoms with Gasteiger partial charge in [0, 0.05) is 6.54 Å². The van der Waals surface area contributed by atoms with Crippen LogP contribution in [0.5, 0.6) is 0 Å². The Morgan fingerprint density at radius 1 is 1.60 bits per heavy atom. The second-order valence-electron chi connectivity index (χ2n) is 3.16. The van der Waals surface area contributed by atoms with Crippen molar-refractivity contribution < 1.29 is 14.3 Å². The topological polar surface area (TPSA) is 102 Å². The molecule has 6 heteroatoms. The molecule has 0 aromatic heterocycles. The van der Waals surface area contributed by atoms with Crippen molar-refractivity contribution in [3.63, 3.8) is 0 Å². The molecule has 0 amide bonds. The zero-order valence-corrected chi connectivity index (χ0v) is 8.45. The fourth-order valence-electron chi connectivity index (χ4n) is 0.900. The number of aliphatic carboxylic acids is 1. The highest BCUT2D eigenvalue weighted by atomic mass is 19.1. The molecule has 0 fully saturated rings. The van der Waals surface area contributed by atoms with E-state index in [4.69, 9.17) is 16.6 Å². The third-order valence-electron chi connectivity index (χ3n) is 1.74. The van der Waals surface area contributed by atoms with Gasteiger partial charge in [-0.1, -0.05) is 12.2 Å². The number of rotatable bonds is 7. The number of carbonyl (C=O) groups is 1. The van der Waals surface area contributed by atoms with Gasteiger partial charge in [-0.05, 0) is 12.8 Å². The highest BCUT2D eigenvalue weighted by Crippen LogP contribution is 2.06. The molecule has 0 heterocycles. The summed E-state index contributed by atoms with van der Waals surface area (Å²) < 4.78 is 11.9. The Morgan fingerprint density at radius 2 is 2.20 bits per heavy atom. The lowest BCUT2D eigenvalue weighted by molar-refractivity contribution is -0.138. The Balaban J connectivity index is 3.81. The molecular formula is C9H16FN3O2. The maximum atomic E-state index is 11.9. The minimum atomic E-state index is -1.07. The van der Waals surface area contributed by atoms with Gasteiger partial charge in [-0.25, -0.2) is 4.39 Å². The highest BCUT2D eigenvalue weighted by molar-refractivity contribution is 5.81. The molecule has 5 nitrogen and oxygen atoms in total. The number of hydrogen-bond donors (Lipinski definition) is 3. The standard InChI is InChI=1S/C9H16FN3O2/c1-6(4-7(11)9(14)15)2-3-13-8(12)5-10/h7H,1-5,11H2,(H2,12,13)(H,14,15). The van der Waals surface area contributed by atoms with Crippen LogP contribution < -0.4 is 11.5 Å². The summed E-state index contributed by atoms with van der Waals surface area (Å²) in [6, 6.07) is -0.944.